The number of nitrogens with zero attached hydrogens (tertiary/aromatic N) is 1. The van der Waals surface area contributed by atoms with Gasteiger partial charge in [0, 0.05) is 19.1 Å². The first-order chi connectivity index (χ1) is 8.31. The normalized spacial score (nSPS) is 39.0. The van der Waals surface area contributed by atoms with Gasteiger partial charge in [0.15, 0.2) is 0 Å². The van der Waals surface area contributed by atoms with Gasteiger partial charge in [-0.2, -0.15) is 0 Å². The molecule has 0 amide bonds. The van der Waals surface area contributed by atoms with Crippen molar-refractivity contribution in [1.29, 1.82) is 0 Å². The Kier molecular flexibility index (Phi) is 3.69. The minimum Gasteiger partial charge on any atom is -0.374 e. The molecule has 2 saturated heterocycles. The molecule has 98 valence electrons. The van der Waals surface area contributed by atoms with Crippen molar-refractivity contribution < 1.29 is 4.74 Å². The largest absolute Gasteiger partial charge is 0.374 e. The molecule has 3 atom stereocenters. The van der Waals surface area contributed by atoms with E-state index >= 15 is 0 Å². The summed E-state index contributed by atoms with van der Waals surface area (Å²) < 4.78 is 5.82. The first-order valence-corrected chi connectivity index (χ1v) is 7.41. The number of nitrogens with one attached hydrogen (secondary N) is 1. The molecule has 17 heavy (non-hydrogen) atoms. The van der Waals surface area contributed by atoms with Gasteiger partial charge in [-0.25, -0.2) is 0 Å². The standard InChI is InChI=1S/C14H26N2O/c1-11-2-5-14(17-11)9-15-8-12-6-7-16(10-12)13-3-4-13/h11-15H,2-10H2,1H3. The van der Waals surface area contributed by atoms with Gasteiger partial charge in [-0.15, -0.1) is 0 Å². The van der Waals surface area contributed by atoms with Crippen LogP contribution < -0.4 is 5.32 Å². The molecule has 3 heteroatoms. The molecule has 0 radical (unpaired) electrons. The van der Waals surface area contributed by atoms with E-state index < -0.39 is 0 Å². The average Bonchev–Trinajstić information content (AvgIpc) is 2.93. The van der Waals surface area contributed by atoms with Crippen LogP contribution >= 0.6 is 0 Å². The van der Waals surface area contributed by atoms with Crippen molar-refractivity contribution in [3.8, 4) is 0 Å². The molecule has 3 nitrogen and oxygen atoms in total. The number of likely N-dealkylation sites (tertiary alicyclic amines) is 1. The minimum atomic E-state index is 0.478. The lowest BCUT2D eigenvalue weighted by Gasteiger charge is -2.16. The van der Waals surface area contributed by atoms with E-state index in [-0.39, 0.29) is 0 Å². The van der Waals surface area contributed by atoms with E-state index in [2.05, 4.69) is 17.1 Å². The lowest BCUT2D eigenvalue weighted by Crippen LogP contribution is -2.32. The van der Waals surface area contributed by atoms with Crippen molar-refractivity contribution in [1.82, 2.24) is 10.2 Å². The molecule has 0 bridgehead atoms. The molecule has 1 aliphatic carbocycles. The van der Waals surface area contributed by atoms with E-state index in [0.717, 1.165) is 18.5 Å². The molecule has 1 saturated carbocycles. The van der Waals surface area contributed by atoms with Crippen LogP contribution in [0.2, 0.25) is 0 Å². The lowest BCUT2D eigenvalue weighted by molar-refractivity contribution is 0.0556. The highest BCUT2D eigenvalue weighted by Crippen LogP contribution is 2.31. The number of hydrogen-bond donors (Lipinski definition) is 1. The molecule has 0 aromatic heterocycles. The van der Waals surface area contributed by atoms with Crippen LogP contribution in [0.25, 0.3) is 0 Å². The van der Waals surface area contributed by atoms with Crippen LogP contribution in [0.1, 0.15) is 39.0 Å². The lowest BCUT2D eigenvalue weighted by atomic mass is 10.1. The van der Waals surface area contributed by atoms with Gasteiger partial charge in [-0.05, 0) is 58.0 Å². The van der Waals surface area contributed by atoms with Gasteiger partial charge in [0.1, 0.15) is 0 Å². The van der Waals surface area contributed by atoms with Crippen molar-refractivity contribution >= 4 is 0 Å². The van der Waals surface area contributed by atoms with Crippen LogP contribution in [0.15, 0.2) is 0 Å². The Morgan fingerprint density at radius 1 is 1.12 bits per heavy atom. The molecular formula is C14H26N2O. The van der Waals surface area contributed by atoms with E-state index in [1.165, 1.54) is 51.7 Å². The highest BCUT2D eigenvalue weighted by atomic mass is 16.5. The molecule has 3 unspecified atom stereocenters. The van der Waals surface area contributed by atoms with Gasteiger partial charge in [0.05, 0.1) is 12.2 Å². The van der Waals surface area contributed by atoms with Gasteiger partial charge < -0.3 is 15.0 Å². The molecule has 2 aliphatic heterocycles. The maximum atomic E-state index is 5.82. The smallest absolute Gasteiger partial charge is 0.0704 e. The fourth-order valence-electron chi connectivity index (χ4n) is 3.28. The monoisotopic (exact) mass is 238 g/mol. The molecule has 0 aromatic rings. The Labute approximate surface area is 105 Å². The van der Waals surface area contributed by atoms with Crippen LogP contribution in [0.3, 0.4) is 0 Å². The predicted molar refractivity (Wildman–Crippen MR) is 69.1 cm³/mol. The molecule has 3 rings (SSSR count). The van der Waals surface area contributed by atoms with E-state index in [1.807, 2.05) is 0 Å². The van der Waals surface area contributed by atoms with Gasteiger partial charge in [-0.3, -0.25) is 0 Å². The second-order valence-corrected chi connectivity index (χ2v) is 6.19. The molecule has 3 fully saturated rings. The summed E-state index contributed by atoms with van der Waals surface area (Å²) in [5, 5.41) is 3.62. The summed E-state index contributed by atoms with van der Waals surface area (Å²) in [5.41, 5.74) is 0. The van der Waals surface area contributed by atoms with Gasteiger partial charge in [0.2, 0.25) is 0 Å². The average molecular weight is 238 g/mol. The Bertz CT molecular complexity index is 255. The topological polar surface area (TPSA) is 24.5 Å². The molecule has 0 aromatic carbocycles. The summed E-state index contributed by atoms with van der Waals surface area (Å²) in [6.45, 7) is 7.11. The second kappa shape index (κ2) is 5.25. The van der Waals surface area contributed by atoms with Crippen LogP contribution in [0.5, 0.6) is 0 Å². The highest BCUT2D eigenvalue weighted by molar-refractivity contribution is 4.90. The van der Waals surface area contributed by atoms with Crippen molar-refractivity contribution in [3.63, 3.8) is 0 Å². The summed E-state index contributed by atoms with van der Waals surface area (Å²) in [7, 11) is 0. The summed E-state index contributed by atoms with van der Waals surface area (Å²) in [5.74, 6) is 0.884. The molecular weight excluding hydrogens is 212 g/mol. The van der Waals surface area contributed by atoms with Gasteiger partial charge >= 0.3 is 0 Å². The van der Waals surface area contributed by atoms with Crippen LogP contribution in [-0.2, 0) is 4.74 Å². The first kappa shape index (κ1) is 11.9. The second-order valence-electron chi connectivity index (χ2n) is 6.19. The summed E-state index contributed by atoms with van der Waals surface area (Å²) >= 11 is 0. The molecule has 3 aliphatic rings. The minimum absolute atomic E-state index is 0.478. The van der Waals surface area contributed by atoms with E-state index in [0.29, 0.717) is 12.2 Å². The van der Waals surface area contributed by atoms with Crippen LogP contribution in [0, 0.1) is 5.92 Å². The van der Waals surface area contributed by atoms with Crippen molar-refractivity contribution in [2.45, 2.75) is 57.3 Å². The Morgan fingerprint density at radius 3 is 2.71 bits per heavy atom. The van der Waals surface area contributed by atoms with Crippen molar-refractivity contribution in [2.75, 3.05) is 26.2 Å². The maximum absolute atomic E-state index is 5.82. The highest BCUT2D eigenvalue weighted by Gasteiger charge is 2.34. The fraction of sp³-hybridized carbons (Fsp3) is 1.00. The van der Waals surface area contributed by atoms with E-state index in [1.54, 1.807) is 0 Å². The zero-order valence-corrected chi connectivity index (χ0v) is 11.0. The Balaban J connectivity index is 1.29. The maximum Gasteiger partial charge on any atom is 0.0704 e. The van der Waals surface area contributed by atoms with Crippen LogP contribution in [-0.4, -0.2) is 49.3 Å². The molecule has 0 spiro atoms. The van der Waals surface area contributed by atoms with Crippen LogP contribution in [0.4, 0.5) is 0 Å². The van der Waals surface area contributed by atoms with E-state index in [4.69, 9.17) is 4.74 Å². The Morgan fingerprint density at radius 2 is 2.00 bits per heavy atom. The van der Waals surface area contributed by atoms with Gasteiger partial charge in [0.25, 0.3) is 0 Å². The number of hydrogen-bond acceptors (Lipinski definition) is 3. The zero-order chi connectivity index (χ0) is 11.7. The number of ether oxygens (including phenoxy) is 1. The molecule has 2 heterocycles. The summed E-state index contributed by atoms with van der Waals surface area (Å²) in [4.78, 5) is 2.69. The summed E-state index contributed by atoms with van der Waals surface area (Å²) in [6, 6.07) is 0.957. The van der Waals surface area contributed by atoms with E-state index in [9.17, 15) is 0 Å². The predicted octanol–water partition coefficient (Wildman–Crippen LogP) is 1.63. The molecule has 1 N–H and O–H groups in total. The third-order valence-corrected chi connectivity index (χ3v) is 4.51. The first-order valence-electron chi connectivity index (χ1n) is 7.41. The van der Waals surface area contributed by atoms with Crippen molar-refractivity contribution in [3.05, 3.63) is 0 Å². The Hall–Kier alpha value is -0.120. The summed E-state index contributed by atoms with van der Waals surface area (Å²) in [6.07, 6.45) is 7.75. The fourth-order valence-corrected chi connectivity index (χ4v) is 3.28. The zero-order valence-electron chi connectivity index (χ0n) is 11.0. The third kappa shape index (κ3) is 3.21. The number of rotatable bonds is 5. The van der Waals surface area contributed by atoms with Gasteiger partial charge in [-0.1, -0.05) is 0 Å². The third-order valence-electron chi connectivity index (χ3n) is 4.51. The van der Waals surface area contributed by atoms with Crippen molar-refractivity contribution in [2.24, 2.45) is 5.92 Å². The SMILES string of the molecule is CC1CCC(CNCC2CCN(C3CC3)C2)O1. The quantitative estimate of drug-likeness (QED) is 0.788.